The van der Waals surface area contributed by atoms with E-state index in [-0.39, 0.29) is 35.9 Å². The summed E-state index contributed by atoms with van der Waals surface area (Å²) >= 11 is 0. The molecule has 1 unspecified atom stereocenters. The van der Waals surface area contributed by atoms with Crippen molar-refractivity contribution in [1.82, 2.24) is 20.2 Å². The average Bonchev–Trinajstić information content (AvgIpc) is 2.69. The number of anilines is 1. The average molecular weight is 500 g/mol. The highest BCUT2D eigenvalue weighted by Crippen LogP contribution is 2.14. The van der Waals surface area contributed by atoms with Crippen LogP contribution in [0.25, 0.3) is 0 Å². The first-order chi connectivity index (χ1) is 13.2. The lowest BCUT2D eigenvalue weighted by molar-refractivity contribution is 0.220. The summed E-state index contributed by atoms with van der Waals surface area (Å²) in [7, 11) is 1.77. The SMILES string of the molecule is CN=C(NCC(C)Oc1cccc(F)c1)N1CCN(c2ncccn2)CC1.I. The molecule has 0 saturated carbocycles. The number of benzene rings is 1. The van der Waals surface area contributed by atoms with Gasteiger partial charge in [0.1, 0.15) is 17.7 Å². The van der Waals surface area contributed by atoms with Crippen LogP contribution in [0.15, 0.2) is 47.7 Å². The summed E-state index contributed by atoms with van der Waals surface area (Å²) in [6, 6.07) is 7.99. The van der Waals surface area contributed by atoms with Crippen LogP contribution in [0.4, 0.5) is 10.3 Å². The van der Waals surface area contributed by atoms with Crippen LogP contribution in [-0.2, 0) is 0 Å². The van der Waals surface area contributed by atoms with E-state index in [0.29, 0.717) is 12.3 Å². The van der Waals surface area contributed by atoms with Gasteiger partial charge < -0.3 is 19.9 Å². The van der Waals surface area contributed by atoms with Crippen LogP contribution >= 0.6 is 24.0 Å². The zero-order valence-electron chi connectivity index (χ0n) is 16.1. The van der Waals surface area contributed by atoms with Crippen molar-refractivity contribution in [2.45, 2.75) is 13.0 Å². The molecule has 2 aromatic rings. The molecule has 152 valence electrons. The Labute approximate surface area is 182 Å². The molecule has 9 heteroatoms. The number of hydrogen-bond acceptors (Lipinski definition) is 5. The van der Waals surface area contributed by atoms with E-state index < -0.39 is 0 Å². The summed E-state index contributed by atoms with van der Waals surface area (Å²) in [6.45, 7) is 5.84. The summed E-state index contributed by atoms with van der Waals surface area (Å²) < 4.78 is 19.0. The molecule has 0 spiro atoms. The van der Waals surface area contributed by atoms with Crippen molar-refractivity contribution < 1.29 is 9.13 Å². The van der Waals surface area contributed by atoms with E-state index in [9.17, 15) is 4.39 Å². The summed E-state index contributed by atoms with van der Waals surface area (Å²) in [5, 5.41) is 3.34. The third kappa shape index (κ3) is 6.18. The van der Waals surface area contributed by atoms with Gasteiger partial charge in [0, 0.05) is 51.7 Å². The smallest absolute Gasteiger partial charge is 0.225 e. The Hall–Kier alpha value is -2.17. The maximum absolute atomic E-state index is 13.2. The summed E-state index contributed by atoms with van der Waals surface area (Å²) in [4.78, 5) is 17.3. The van der Waals surface area contributed by atoms with Gasteiger partial charge in [-0.05, 0) is 25.1 Å². The summed E-state index contributed by atoms with van der Waals surface area (Å²) in [5.41, 5.74) is 0. The van der Waals surface area contributed by atoms with E-state index in [1.54, 1.807) is 31.6 Å². The van der Waals surface area contributed by atoms with Crippen LogP contribution in [0.1, 0.15) is 6.92 Å². The highest BCUT2D eigenvalue weighted by atomic mass is 127. The molecular weight excluding hydrogens is 474 g/mol. The molecule has 1 aliphatic rings. The maximum atomic E-state index is 13.2. The predicted octanol–water partition coefficient (Wildman–Crippen LogP) is 2.40. The largest absolute Gasteiger partial charge is 0.489 e. The van der Waals surface area contributed by atoms with E-state index >= 15 is 0 Å². The van der Waals surface area contributed by atoms with Gasteiger partial charge in [0.2, 0.25) is 5.95 Å². The van der Waals surface area contributed by atoms with E-state index in [1.807, 2.05) is 13.0 Å². The van der Waals surface area contributed by atoms with Crippen molar-refractivity contribution in [1.29, 1.82) is 0 Å². The first-order valence-electron chi connectivity index (χ1n) is 9.05. The van der Waals surface area contributed by atoms with Crippen molar-refractivity contribution in [3.8, 4) is 5.75 Å². The number of halogens is 2. The molecule has 28 heavy (non-hydrogen) atoms. The Morgan fingerprint density at radius 3 is 2.57 bits per heavy atom. The molecule has 2 heterocycles. The van der Waals surface area contributed by atoms with Gasteiger partial charge in [-0.25, -0.2) is 14.4 Å². The molecule has 1 N–H and O–H groups in total. The first-order valence-corrected chi connectivity index (χ1v) is 9.05. The number of hydrogen-bond donors (Lipinski definition) is 1. The maximum Gasteiger partial charge on any atom is 0.225 e. The highest BCUT2D eigenvalue weighted by molar-refractivity contribution is 14.0. The van der Waals surface area contributed by atoms with Gasteiger partial charge >= 0.3 is 0 Å². The molecule has 0 radical (unpaired) electrons. The van der Waals surface area contributed by atoms with E-state index in [1.165, 1.54) is 12.1 Å². The topological polar surface area (TPSA) is 65.9 Å². The molecule has 7 nitrogen and oxygen atoms in total. The molecule has 0 amide bonds. The normalized spacial score (nSPS) is 15.6. The molecule has 0 aliphatic carbocycles. The fourth-order valence-corrected chi connectivity index (χ4v) is 2.95. The number of aliphatic imine (C=N–C) groups is 1. The number of rotatable bonds is 5. The molecule has 1 aliphatic heterocycles. The second kappa shape index (κ2) is 11.0. The minimum atomic E-state index is -0.302. The van der Waals surface area contributed by atoms with Crippen molar-refractivity contribution in [3.05, 3.63) is 48.5 Å². The molecule has 1 fully saturated rings. The second-order valence-electron chi connectivity index (χ2n) is 6.34. The zero-order chi connectivity index (χ0) is 19.1. The third-order valence-electron chi connectivity index (χ3n) is 4.31. The number of piperazine rings is 1. The molecule has 1 aromatic heterocycles. The van der Waals surface area contributed by atoms with Crippen molar-refractivity contribution >= 4 is 35.9 Å². The zero-order valence-corrected chi connectivity index (χ0v) is 18.4. The first kappa shape index (κ1) is 22.1. The van der Waals surface area contributed by atoms with Crippen molar-refractivity contribution in [3.63, 3.8) is 0 Å². The number of ether oxygens (including phenoxy) is 1. The lowest BCUT2D eigenvalue weighted by atomic mass is 10.3. The van der Waals surface area contributed by atoms with Gasteiger partial charge in [-0.1, -0.05) is 6.07 Å². The molecule has 1 atom stereocenters. The minimum Gasteiger partial charge on any atom is -0.489 e. The standard InChI is InChI=1S/C19H25FN6O.HI/c1-15(27-17-6-3-5-16(20)13-17)14-24-18(21-2)25-9-11-26(12-10-25)19-22-7-4-8-23-19;/h3-8,13,15H,9-12,14H2,1-2H3,(H,21,24);1H. The van der Waals surface area contributed by atoms with Crippen LogP contribution < -0.4 is 15.0 Å². The van der Waals surface area contributed by atoms with E-state index in [4.69, 9.17) is 4.74 Å². The summed E-state index contributed by atoms with van der Waals surface area (Å²) in [6.07, 6.45) is 3.40. The van der Waals surface area contributed by atoms with Crippen LogP contribution in [0.3, 0.4) is 0 Å². The molecular formula is C19H26FIN6O. The van der Waals surface area contributed by atoms with Gasteiger partial charge in [-0.15, -0.1) is 24.0 Å². The lowest BCUT2D eigenvalue weighted by Gasteiger charge is -2.36. The van der Waals surface area contributed by atoms with Gasteiger partial charge in [-0.3, -0.25) is 4.99 Å². The van der Waals surface area contributed by atoms with Crippen LogP contribution in [0, 0.1) is 5.82 Å². The van der Waals surface area contributed by atoms with Gasteiger partial charge in [0.05, 0.1) is 6.54 Å². The fourth-order valence-electron chi connectivity index (χ4n) is 2.95. The Morgan fingerprint density at radius 1 is 1.21 bits per heavy atom. The number of nitrogens with zero attached hydrogens (tertiary/aromatic N) is 5. The van der Waals surface area contributed by atoms with Gasteiger partial charge in [0.15, 0.2) is 5.96 Å². The van der Waals surface area contributed by atoms with Crippen LogP contribution in [0.2, 0.25) is 0 Å². The van der Waals surface area contributed by atoms with E-state index in [2.05, 4.69) is 30.1 Å². The Kier molecular flexibility index (Phi) is 8.68. The Balaban J connectivity index is 0.00000280. The second-order valence-corrected chi connectivity index (χ2v) is 6.34. The third-order valence-corrected chi connectivity index (χ3v) is 4.31. The van der Waals surface area contributed by atoms with Crippen LogP contribution in [-0.4, -0.2) is 66.7 Å². The molecule has 1 saturated heterocycles. The number of nitrogens with one attached hydrogen (secondary N) is 1. The predicted molar refractivity (Wildman–Crippen MR) is 119 cm³/mol. The van der Waals surface area contributed by atoms with E-state index in [0.717, 1.165) is 38.1 Å². The molecule has 1 aromatic carbocycles. The van der Waals surface area contributed by atoms with Gasteiger partial charge in [-0.2, -0.15) is 0 Å². The monoisotopic (exact) mass is 500 g/mol. The number of aromatic nitrogens is 2. The fraction of sp³-hybridized carbons (Fsp3) is 0.421. The summed E-state index contributed by atoms with van der Waals surface area (Å²) in [5.74, 6) is 1.81. The molecule has 0 bridgehead atoms. The van der Waals surface area contributed by atoms with Crippen molar-refractivity contribution in [2.75, 3.05) is 44.7 Å². The number of guanidine groups is 1. The Bertz CT molecular complexity index is 755. The molecule has 3 rings (SSSR count). The van der Waals surface area contributed by atoms with Gasteiger partial charge in [0.25, 0.3) is 0 Å². The quantitative estimate of drug-likeness (QED) is 0.387. The lowest BCUT2D eigenvalue weighted by Crippen LogP contribution is -2.53. The highest BCUT2D eigenvalue weighted by Gasteiger charge is 2.21. The van der Waals surface area contributed by atoms with Crippen LogP contribution in [0.5, 0.6) is 5.75 Å². The minimum absolute atomic E-state index is 0. The Morgan fingerprint density at radius 2 is 1.93 bits per heavy atom. The van der Waals surface area contributed by atoms with Crippen molar-refractivity contribution in [2.24, 2.45) is 4.99 Å².